The highest BCUT2D eigenvalue weighted by atomic mass is 16.2. The number of rotatable bonds is 2. The van der Waals surface area contributed by atoms with Crippen molar-refractivity contribution in [2.75, 3.05) is 43.9 Å². The van der Waals surface area contributed by atoms with Crippen molar-refractivity contribution in [1.29, 1.82) is 0 Å². The van der Waals surface area contributed by atoms with Gasteiger partial charge in [0.15, 0.2) is 0 Å². The van der Waals surface area contributed by atoms with Crippen molar-refractivity contribution in [3.63, 3.8) is 0 Å². The molecular weight excluding hydrogens is 344 g/mol. The Kier molecular flexibility index (Phi) is 4.57. The van der Waals surface area contributed by atoms with Crippen molar-refractivity contribution in [3.05, 3.63) is 51.8 Å². The highest BCUT2D eigenvalue weighted by molar-refractivity contribution is 5.83. The van der Waals surface area contributed by atoms with Gasteiger partial charge in [0.2, 0.25) is 11.9 Å². The lowest BCUT2D eigenvalue weighted by Crippen LogP contribution is -2.56. The minimum absolute atomic E-state index is 0.110. The van der Waals surface area contributed by atoms with E-state index in [1.54, 1.807) is 0 Å². The minimum Gasteiger partial charge on any atom is -0.369 e. The number of nitrogen functional groups attached to an aromatic ring is 1. The van der Waals surface area contributed by atoms with Crippen molar-refractivity contribution >= 4 is 17.7 Å². The molecule has 8 nitrogen and oxygen atoms in total. The molecule has 0 radical (unpaired) electrons. The third-order valence-electron chi connectivity index (χ3n) is 5.43. The number of aromatic nitrogens is 2. The van der Waals surface area contributed by atoms with Gasteiger partial charge in [0, 0.05) is 38.8 Å². The molecule has 3 N–H and O–H groups in total. The third-order valence-corrected chi connectivity index (χ3v) is 5.43. The Bertz CT molecular complexity index is 903. The first-order valence-electron chi connectivity index (χ1n) is 9.19. The van der Waals surface area contributed by atoms with Gasteiger partial charge in [-0.2, -0.15) is 4.98 Å². The average Bonchev–Trinajstić information content (AvgIpc) is 2.66. The molecule has 1 aromatic carbocycles. The van der Waals surface area contributed by atoms with Crippen LogP contribution >= 0.6 is 0 Å². The maximum Gasteiger partial charge on any atom is 0.254 e. The molecule has 0 aliphatic carbocycles. The van der Waals surface area contributed by atoms with E-state index in [1.165, 1.54) is 17.2 Å². The number of benzene rings is 1. The zero-order valence-electron chi connectivity index (χ0n) is 15.4. The SMILES string of the molecule is CN1Cc2ccccc2C[C@H]1C(=O)N1CCN(c2cc(=O)[nH]c(N)n2)CC1. The van der Waals surface area contributed by atoms with E-state index >= 15 is 0 Å². The van der Waals surface area contributed by atoms with Crippen LogP contribution in [0, 0.1) is 0 Å². The van der Waals surface area contributed by atoms with E-state index in [2.05, 4.69) is 27.0 Å². The molecule has 1 amide bonds. The molecule has 1 saturated heterocycles. The second-order valence-corrected chi connectivity index (χ2v) is 7.20. The normalized spacial score (nSPS) is 20.4. The summed E-state index contributed by atoms with van der Waals surface area (Å²) in [5.74, 6) is 0.843. The summed E-state index contributed by atoms with van der Waals surface area (Å²) < 4.78 is 0. The fraction of sp³-hybridized carbons (Fsp3) is 0.421. The highest BCUT2D eigenvalue weighted by Crippen LogP contribution is 2.24. The summed E-state index contributed by atoms with van der Waals surface area (Å²) in [5, 5.41) is 0. The molecule has 0 spiro atoms. The smallest absolute Gasteiger partial charge is 0.254 e. The Hall–Kier alpha value is -2.87. The Morgan fingerprint density at radius 1 is 1.19 bits per heavy atom. The molecule has 2 aliphatic rings. The molecule has 1 aromatic heterocycles. The van der Waals surface area contributed by atoms with Gasteiger partial charge in [-0.15, -0.1) is 0 Å². The van der Waals surface area contributed by atoms with Crippen LogP contribution in [0.2, 0.25) is 0 Å². The van der Waals surface area contributed by atoms with Crippen molar-refractivity contribution in [2.24, 2.45) is 0 Å². The number of piperazine rings is 1. The van der Waals surface area contributed by atoms with Gasteiger partial charge in [-0.1, -0.05) is 24.3 Å². The summed E-state index contributed by atoms with van der Waals surface area (Å²) in [6.07, 6.45) is 0.748. The lowest BCUT2D eigenvalue weighted by molar-refractivity contribution is -0.137. The summed E-state index contributed by atoms with van der Waals surface area (Å²) in [7, 11) is 2.01. The molecule has 0 bridgehead atoms. The standard InChI is InChI=1S/C19H24N6O2/c1-23-12-14-5-3-2-4-13(14)10-15(23)18(27)25-8-6-24(7-9-25)16-11-17(26)22-19(20)21-16/h2-5,11,15H,6-10,12H2,1H3,(H3,20,21,22,26)/t15-/m0/s1. The number of aromatic amines is 1. The minimum atomic E-state index is -0.265. The third kappa shape index (κ3) is 3.52. The van der Waals surface area contributed by atoms with E-state index in [-0.39, 0.29) is 23.5 Å². The van der Waals surface area contributed by atoms with E-state index in [1.807, 2.05) is 29.0 Å². The van der Waals surface area contributed by atoms with Gasteiger partial charge in [0.05, 0.1) is 6.04 Å². The van der Waals surface area contributed by atoms with Gasteiger partial charge in [-0.25, -0.2) is 0 Å². The van der Waals surface area contributed by atoms with E-state index in [4.69, 9.17) is 5.73 Å². The lowest BCUT2D eigenvalue weighted by atomic mass is 9.93. The van der Waals surface area contributed by atoms with Crippen LogP contribution in [0.3, 0.4) is 0 Å². The Morgan fingerprint density at radius 3 is 2.59 bits per heavy atom. The van der Waals surface area contributed by atoms with Crippen molar-refractivity contribution in [2.45, 2.75) is 19.0 Å². The maximum atomic E-state index is 13.1. The summed E-state index contributed by atoms with van der Waals surface area (Å²) in [6.45, 7) is 3.28. The predicted molar refractivity (Wildman–Crippen MR) is 103 cm³/mol. The van der Waals surface area contributed by atoms with Crippen LogP contribution < -0.4 is 16.2 Å². The van der Waals surface area contributed by atoms with Gasteiger partial charge < -0.3 is 15.5 Å². The number of hydrogen-bond acceptors (Lipinski definition) is 6. The second kappa shape index (κ2) is 7.03. The zero-order chi connectivity index (χ0) is 19.0. The molecular formula is C19H24N6O2. The number of nitrogens with zero attached hydrogens (tertiary/aromatic N) is 4. The molecule has 2 aromatic rings. The van der Waals surface area contributed by atoms with Crippen LogP contribution in [0.1, 0.15) is 11.1 Å². The van der Waals surface area contributed by atoms with E-state index < -0.39 is 0 Å². The first-order valence-corrected chi connectivity index (χ1v) is 9.19. The molecule has 3 heterocycles. The number of carbonyl (C=O) groups excluding carboxylic acids is 1. The molecule has 1 fully saturated rings. The lowest BCUT2D eigenvalue weighted by Gasteiger charge is -2.40. The second-order valence-electron chi connectivity index (χ2n) is 7.20. The van der Waals surface area contributed by atoms with E-state index in [9.17, 15) is 9.59 Å². The van der Waals surface area contributed by atoms with E-state index in [0.29, 0.717) is 32.0 Å². The molecule has 8 heteroatoms. The Balaban J connectivity index is 1.42. The zero-order valence-corrected chi connectivity index (χ0v) is 15.4. The monoisotopic (exact) mass is 368 g/mol. The van der Waals surface area contributed by atoms with Crippen LogP contribution in [-0.4, -0.2) is 64.9 Å². The Labute approximate surface area is 157 Å². The van der Waals surface area contributed by atoms with E-state index in [0.717, 1.165) is 13.0 Å². The predicted octanol–water partition coefficient (Wildman–Crippen LogP) is 0.0574. The number of likely N-dealkylation sites (N-methyl/N-ethyl adjacent to an activating group) is 1. The largest absolute Gasteiger partial charge is 0.369 e. The van der Waals surface area contributed by atoms with Crippen LogP contribution in [0.15, 0.2) is 35.1 Å². The molecule has 1 atom stereocenters. The van der Waals surface area contributed by atoms with Gasteiger partial charge in [0.25, 0.3) is 5.56 Å². The molecule has 0 saturated carbocycles. The summed E-state index contributed by atoms with van der Waals surface area (Å²) >= 11 is 0. The summed E-state index contributed by atoms with van der Waals surface area (Å²) in [5.41, 5.74) is 7.92. The number of fused-ring (bicyclic) bond motifs is 1. The van der Waals surface area contributed by atoms with Crippen LogP contribution in [-0.2, 0) is 17.8 Å². The van der Waals surface area contributed by atoms with Crippen molar-refractivity contribution in [1.82, 2.24) is 19.8 Å². The average molecular weight is 368 g/mol. The Morgan fingerprint density at radius 2 is 1.89 bits per heavy atom. The number of nitrogens with one attached hydrogen (secondary N) is 1. The number of nitrogens with two attached hydrogens (primary N) is 1. The number of hydrogen-bond donors (Lipinski definition) is 2. The molecule has 4 rings (SSSR count). The molecule has 27 heavy (non-hydrogen) atoms. The summed E-state index contributed by atoms with van der Waals surface area (Å²) in [6, 6.07) is 9.64. The number of anilines is 2. The fourth-order valence-electron chi connectivity index (χ4n) is 3.92. The summed E-state index contributed by atoms with van der Waals surface area (Å²) in [4.78, 5) is 37.4. The van der Waals surface area contributed by atoms with Crippen molar-refractivity contribution in [3.8, 4) is 0 Å². The van der Waals surface area contributed by atoms with Crippen LogP contribution in [0.5, 0.6) is 0 Å². The van der Waals surface area contributed by atoms with Crippen LogP contribution in [0.4, 0.5) is 11.8 Å². The van der Waals surface area contributed by atoms with Gasteiger partial charge in [-0.3, -0.25) is 19.5 Å². The topological polar surface area (TPSA) is 98.6 Å². The quantitative estimate of drug-likeness (QED) is 0.778. The highest BCUT2D eigenvalue weighted by Gasteiger charge is 2.33. The molecule has 142 valence electrons. The molecule has 0 unspecified atom stereocenters. The van der Waals surface area contributed by atoms with Gasteiger partial charge in [-0.05, 0) is 24.6 Å². The first-order chi connectivity index (χ1) is 13.0. The van der Waals surface area contributed by atoms with Crippen molar-refractivity contribution < 1.29 is 4.79 Å². The maximum absolute atomic E-state index is 13.1. The first kappa shape index (κ1) is 17.5. The van der Waals surface area contributed by atoms with Gasteiger partial charge in [0.1, 0.15) is 5.82 Å². The number of carbonyl (C=O) groups is 1. The fourth-order valence-corrected chi connectivity index (χ4v) is 3.92. The number of amides is 1. The number of H-pyrrole nitrogens is 1. The van der Waals surface area contributed by atoms with Crippen LogP contribution in [0.25, 0.3) is 0 Å². The molecule has 2 aliphatic heterocycles. The van der Waals surface area contributed by atoms with Gasteiger partial charge >= 0.3 is 0 Å².